The number of rotatable bonds is 4. The lowest BCUT2D eigenvalue weighted by molar-refractivity contribution is 0.0337. The molecule has 0 amide bonds. The van der Waals surface area contributed by atoms with Gasteiger partial charge in [-0.25, -0.2) is 4.79 Å². The Morgan fingerprint density at radius 3 is 2.40 bits per heavy atom. The van der Waals surface area contributed by atoms with Gasteiger partial charge in [0.2, 0.25) is 0 Å². The fourth-order valence-corrected chi connectivity index (χ4v) is 1.79. The number of benzene rings is 2. The van der Waals surface area contributed by atoms with Crippen LogP contribution in [0.2, 0.25) is 0 Å². The van der Waals surface area contributed by atoms with Gasteiger partial charge in [0.1, 0.15) is 6.08 Å². The van der Waals surface area contributed by atoms with Crippen molar-refractivity contribution >= 4 is 5.97 Å². The predicted octanol–water partition coefficient (Wildman–Crippen LogP) is 3.66. The number of esters is 1. The second-order valence-corrected chi connectivity index (χ2v) is 4.48. The second kappa shape index (κ2) is 6.35. The van der Waals surface area contributed by atoms with Crippen molar-refractivity contribution in [2.45, 2.75) is 26.0 Å². The van der Waals surface area contributed by atoms with E-state index in [1.165, 1.54) is 19.9 Å². The van der Waals surface area contributed by atoms with Gasteiger partial charge < -0.3 is 9.84 Å². The van der Waals surface area contributed by atoms with E-state index in [1.807, 2.05) is 0 Å². The molecule has 2 rings (SSSR count). The average molecular weight is 272 g/mol. The standard InChI is InChI=1S/C17H18O3/c1-12(18)15-9-6-10-16(11-15)13(2)20-17(19)14-7-4-3-5-8-14/h3-13,18H,1-2H3/t12-,13-/m0/s1/i12D,13D. The molecule has 104 valence electrons. The Morgan fingerprint density at radius 1 is 1.10 bits per heavy atom. The molecule has 0 bridgehead atoms. The van der Waals surface area contributed by atoms with Gasteiger partial charge in [0.25, 0.3) is 0 Å². The number of aliphatic hydroxyl groups is 1. The van der Waals surface area contributed by atoms with Crippen molar-refractivity contribution in [1.82, 2.24) is 0 Å². The van der Waals surface area contributed by atoms with Crippen molar-refractivity contribution in [3.63, 3.8) is 0 Å². The number of carbonyl (C=O) groups excluding carboxylic acids is 1. The molecule has 0 aliphatic heterocycles. The zero-order chi connectivity index (χ0) is 16.4. The molecule has 0 radical (unpaired) electrons. The highest BCUT2D eigenvalue weighted by Crippen LogP contribution is 2.22. The van der Waals surface area contributed by atoms with Gasteiger partial charge in [-0.15, -0.1) is 0 Å². The van der Waals surface area contributed by atoms with E-state index in [0.29, 0.717) is 16.7 Å². The predicted molar refractivity (Wildman–Crippen MR) is 77.3 cm³/mol. The summed E-state index contributed by atoms with van der Waals surface area (Å²) in [5, 5.41) is 9.74. The van der Waals surface area contributed by atoms with Gasteiger partial charge in [-0.1, -0.05) is 36.4 Å². The molecule has 1 N–H and O–H groups in total. The second-order valence-electron chi connectivity index (χ2n) is 4.48. The van der Waals surface area contributed by atoms with Crippen molar-refractivity contribution in [3.05, 3.63) is 71.3 Å². The molecular formula is C17H18O3. The average Bonchev–Trinajstić information content (AvgIpc) is 2.47. The molecule has 0 saturated carbocycles. The van der Waals surface area contributed by atoms with Crippen LogP contribution in [-0.2, 0) is 4.74 Å². The molecule has 0 fully saturated rings. The highest BCUT2D eigenvalue weighted by Gasteiger charge is 2.14. The molecule has 0 aliphatic carbocycles. The lowest BCUT2D eigenvalue weighted by Gasteiger charge is -2.15. The lowest BCUT2D eigenvalue weighted by Crippen LogP contribution is -2.09. The van der Waals surface area contributed by atoms with Crippen molar-refractivity contribution < 1.29 is 17.4 Å². The van der Waals surface area contributed by atoms with Crippen LogP contribution < -0.4 is 0 Å². The molecule has 0 aliphatic rings. The monoisotopic (exact) mass is 272 g/mol. The van der Waals surface area contributed by atoms with Crippen LogP contribution in [0.25, 0.3) is 0 Å². The first-order valence-corrected chi connectivity index (χ1v) is 6.32. The normalized spacial score (nSPS) is 18.1. The van der Waals surface area contributed by atoms with Crippen LogP contribution in [0.15, 0.2) is 54.6 Å². The summed E-state index contributed by atoms with van der Waals surface area (Å²) < 4.78 is 21.2. The Morgan fingerprint density at radius 2 is 1.75 bits per heavy atom. The van der Waals surface area contributed by atoms with Gasteiger partial charge in [-0.05, 0) is 43.2 Å². The fourth-order valence-electron chi connectivity index (χ4n) is 1.79. The maximum Gasteiger partial charge on any atom is 0.338 e. The van der Waals surface area contributed by atoms with Gasteiger partial charge in [0, 0.05) is 0 Å². The summed E-state index contributed by atoms with van der Waals surface area (Å²) in [5.74, 6) is -0.596. The number of ether oxygens (including phenoxy) is 1. The lowest BCUT2D eigenvalue weighted by atomic mass is 10.0. The van der Waals surface area contributed by atoms with Crippen molar-refractivity contribution in [2.75, 3.05) is 0 Å². The molecular weight excluding hydrogens is 252 g/mol. The molecule has 0 unspecified atom stereocenters. The Bertz CT molecular complexity index is 661. The topological polar surface area (TPSA) is 46.5 Å². The maximum absolute atomic E-state index is 12.1. The van der Waals surface area contributed by atoms with Crippen molar-refractivity contribution in [1.29, 1.82) is 0 Å². The first-order valence-electron chi connectivity index (χ1n) is 7.32. The van der Waals surface area contributed by atoms with Crippen LogP contribution in [-0.4, -0.2) is 11.1 Å². The Labute approximate surface area is 121 Å². The van der Waals surface area contributed by atoms with Gasteiger partial charge in [-0.3, -0.25) is 0 Å². The molecule has 20 heavy (non-hydrogen) atoms. The number of hydrogen-bond acceptors (Lipinski definition) is 3. The van der Waals surface area contributed by atoms with E-state index in [1.54, 1.807) is 48.5 Å². The zero-order valence-corrected chi connectivity index (χ0v) is 11.5. The third-order valence-electron chi connectivity index (χ3n) is 2.94. The molecule has 3 heteroatoms. The van der Waals surface area contributed by atoms with Gasteiger partial charge >= 0.3 is 5.97 Å². The zero-order valence-electron chi connectivity index (χ0n) is 13.5. The van der Waals surface area contributed by atoms with Crippen LogP contribution in [0.5, 0.6) is 0 Å². The van der Waals surface area contributed by atoms with E-state index in [-0.39, 0.29) is 0 Å². The smallest absolute Gasteiger partial charge is 0.338 e. The third kappa shape index (κ3) is 3.45. The molecule has 2 atom stereocenters. The van der Waals surface area contributed by atoms with Gasteiger partial charge in [0.15, 0.2) is 0 Å². The van der Waals surface area contributed by atoms with Crippen LogP contribution in [0.4, 0.5) is 0 Å². The van der Waals surface area contributed by atoms with E-state index < -0.39 is 18.1 Å². The molecule has 0 heterocycles. The highest BCUT2D eigenvalue weighted by atomic mass is 16.5. The van der Waals surface area contributed by atoms with E-state index in [4.69, 9.17) is 7.48 Å². The third-order valence-corrected chi connectivity index (χ3v) is 2.94. The van der Waals surface area contributed by atoms with E-state index >= 15 is 0 Å². The van der Waals surface area contributed by atoms with Crippen LogP contribution in [0.1, 0.15) is 50.2 Å². The van der Waals surface area contributed by atoms with E-state index in [0.717, 1.165) is 0 Å². The van der Waals surface area contributed by atoms with Gasteiger partial charge in [0.05, 0.1) is 14.4 Å². The molecule has 3 nitrogen and oxygen atoms in total. The summed E-state index contributed by atoms with van der Waals surface area (Å²) in [5.41, 5.74) is 1.09. The van der Waals surface area contributed by atoms with E-state index in [2.05, 4.69) is 0 Å². The van der Waals surface area contributed by atoms with Gasteiger partial charge in [-0.2, -0.15) is 0 Å². The summed E-state index contributed by atoms with van der Waals surface area (Å²) in [6, 6.07) is 14.8. The minimum absolute atomic E-state index is 0.333. The summed E-state index contributed by atoms with van der Waals surface area (Å²) >= 11 is 0. The van der Waals surface area contributed by atoms with E-state index in [9.17, 15) is 9.90 Å². The summed E-state index contributed by atoms with van der Waals surface area (Å²) in [6.45, 7) is 2.79. The molecule has 0 saturated heterocycles. The fraction of sp³-hybridized carbons (Fsp3) is 0.235. The summed E-state index contributed by atoms with van der Waals surface area (Å²) in [7, 11) is 0. The van der Waals surface area contributed by atoms with Crippen LogP contribution in [0.3, 0.4) is 0 Å². The highest BCUT2D eigenvalue weighted by molar-refractivity contribution is 5.89. The Balaban J connectivity index is 2.25. The largest absolute Gasteiger partial charge is 0.454 e. The number of carbonyl (C=O) groups is 1. The Kier molecular flexibility index (Phi) is 3.71. The minimum Gasteiger partial charge on any atom is -0.454 e. The summed E-state index contributed by atoms with van der Waals surface area (Å²) in [4.78, 5) is 12.1. The molecule has 0 spiro atoms. The molecule has 0 aromatic heterocycles. The molecule has 2 aromatic rings. The quantitative estimate of drug-likeness (QED) is 0.864. The minimum atomic E-state index is -1.77. The summed E-state index contributed by atoms with van der Waals surface area (Å²) in [6.07, 6.45) is -3.39. The molecule has 2 aromatic carbocycles. The van der Waals surface area contributed by atoms with Crippen molar-refractivity contribution in [3.8, 4) is 0 Å². The van der Waals surface area contributed by atoms with Crippen LogP contribution in [0, 0.1) is 0 Å². The Hall–Kier alpha value is -2.13. The number of hydrogen-bond donors (Lipinski definition) is 1. The SMILES string of the molecule is [2H][C@@](C)(O)c1cccc([C@]([2H])(C)OC(=O)c2ccccc2)c1. The first kappa shape index (κ1) is 11.7. The van der Waals surface area contributed by atoms with Crippen LogP contribution >= 0.6 is 0 Å². The first-order chi connectivity index (χ1) is 10.2. The maximum atomic E-state index is 12.1. The van der Waals surface area contributed by atoms with Crippen molar-refractivity contribution in [2.24, 2.45) is 0 Å².